The molecule has 2 rings (SSSR count). The third-order valence-corrected chi connectivity index (χ3v) is 3.18. The van der Waals surface area contributed by atoms with E-state index in [1.165, 1.54) is 4.90 Å². The molecule has 1 aliphatic rings. The maximum Gasteiger partial charge on any atom is 0.323 e. The van der Waals surface area contributed by atoms with Gasteiger partial charge in [0.05, 0.1) is 0 Å². The molecule has 0 heterocycles. The molecule has 0 aliphatic heterocycles. The molecule has 1 aromatic rings. The van der Waals surface area contributed by atoms with Crippen molar-refractivity contribution in [2.24, 2.45) is 0 Å². The van der Waals surface area contributed by atoms with Crippen LogP contribution in [0.4, 0.5) is 10.5 Å². The number of carbonyl (C=O) groups excluding carboxylic acids is 1. The van der Waals surface area contributed by atoms with Crippen LogP contribution in [0, 0.1) is 0 Å². The van der Waals surface area contributed by atoms with Crippen molar-refractivity contribution in [2.75, 3.05) is 11.9 Å². The van der Waals surface area contributed by atoms with Gasteiger partial charge in [-0.15, -0.1) is 0 Å². The van der Waals surface area contributed by atoms with Gasteiger partial charge in [0.1, 0.15) is 6.54 Å². The molecule has 5 nitrogen and oxygen atoms in total. The summed E-state index contributed by atoms with van der Waals surface area (Å²) < 4.78 is 0.921. The second kappa shape index (κ2) is 5.39. The Hall–Kier alpha value is -1.56. The number of nitrogens with zero attached hydrogens (tertiary/aromatic N) is 1. The minimum absolute atomic E-state index is 0.0662. The summed E-state index contributed by atoms with van der Waals surface area (Å²) in [6.45, 7) is -0.257. The number of halogens is 1. The van der Waals surface area contributed by atoms with Crippen molar-refractivity contribution in [1.82, 2.24) is 4.90 Å². The highest BCUT2D eigenvalue weighted by Crippen LogP contribution is 2.27. The summed E-state index contributed by atoms with van der Waals surface area (Å²) in [7, 11) is 0. The molecule has 1 aromatic carbocycles. The Kier molecular flexibility index (Phi) is 3.86. The normalized spacial score (nSPS) is 14.1. The molecule has 0 aromatic heterocycles. The highest BCUT2D eigenvalue weighted by molar-refractivity contribution is 9.10. The SMILES string of the molecule is O=C(O)CN(C(=O)Nc1ccc(Br)cc1)C1CC1. The van der Waals surface area contributed by atoms with Crippen LogP contribution in [0.1, 0.15) is 12.8 Å². The van der Waals surface area contributed by atoms with Gasteiger partial charge in [0.2, 0.25) is 0 Å². The lowest BCUT2D eigenvalue weighted by molar-refractivity contribution is -0.137. The standard InChI is InChI=1S/C12H13BrN2O3/c13-8-1-3-9(4-2-8)14-12(18)15(7-11(16)17)10-5-6-10/h1-4,10H,5-7H2,(H,14,18)(H,16,17). The molecule has 1 saturated carbocycles. The number of hydrogen-bond acceptors (Lipinski definition) is 2. The van der Waals surface area contributed by atoms with Gasteiger partial charge in [0.15, 0.2) is 0 Å². The summed E-state index contributed by atoms with van der Waals surface area (Å²) in [5.74, 6) is -0.993. The van der Waals surface area contributed by atoms with Crippen LogP contribution in [0.5, 0.6) is 0 Å². The van der Waals surface area contributed by atoms with Crippen LogP contribution >= 0.6 is 15.9 Å². The third kappa shape index (κ3) is 3.46. The highest BCUT2D eigenvalue weighted by Gasteiger charge is 2.33. The molecule has 96 valence electrons. The number of amides is 2. The lowest BCUT2D eigenvalue weighted by Crippen LogP contribution is -2.40. The highest BCUT2D eigenvalue weighted by atomic mass is 79.9. The average molecular weight is 313 g/mol. The van der Waals surface area contributed by atoms with Crippen LogP contribution in [0.25, 0.3) is 0 Å². The van der Waals surface area contributed by atoms with Crippen LogP contribution in [0.2, 0.25) is 0 Å². The summed E-state index contributed by atoms with van der Waals surface area (Å²) >= 11 is 3.31. The lowest BCUT2D eigenvalue weighted by atomic mass is 10.3. The number of carboxylic acid groups (broad SMARTS) is 1. The number of aliphatic carboxylic acids is 1. The Morgan fingerprint density at radius 1 is 1.33 bits per heavy atom. The van der Waals surface area contributed by atoms with Crippen molar-refractivity contribution < 1.29 is 14.7 Å². The molecule has 0 atom stereocenters. The Morgan fingerprint density at radius 3 is 2.44 bits per heavy atom. The van der Waals surface area contributed by atoms with Crippen molar-refractivity contribution in [3.8, 4) is 0 Å². The van der Waals surface area contributed by atoms with Gasteiger partial charge < -0.3 is 15.3 Å². The first-order valence-electron chi connectivity index (χ1n) is 5.61. The topological polar surface area (TPSA) is 69.6 Å². The summed E-state index contributed by atoms with van der Waals surface area (Å²) in [5, 5.41) is 11.5. The van der Waals surface area contributed by atoms with E-state index < -0.39 is 5.97 Å². The molecule has 1 aliphatic carbocycles. The quantitative estimate of drug-likeness (QED) is 0.897. The molecule has 2 N–H and O–H groups in total. The lowest BCUT2D eigenvalue weighted by Gasteiger charge is -2.20. The van der Waals surface area contributed by atoms with Gasteiger partial charge in [-0.3, -0.25) is 4.79 Å². The minimum atomic E-state index is -0.993. The molecule has 0 radical (unpaired) electrons. The first-order valence-corrected chi connectivity index (χ1v) is 6.40. The maximum absolute atomic E-state index is 12.0. The number of carbonyl (C=O) groups is 2. The molecule has 0 bridgehead atoms. The average Bonchev–Trinajstić information content (AvgIpc) is 3.12. The van der Waals surface area contributed by atoms with E-state index in [2.05, 4.69) is 21.2 Å². The first-order chi connectivity index (χ1) is 8.56. The summed E-state index contributed by atoms with van der Waals surface area (Å²) in [6.07, 6.45) is 1.75. The van der Waals surface area contributed by atoms with Crippen molar-refractivity contribution in [3.63, 3.8) is 0 Å². The molecule has 1 fully saturated rings. The third-order valence-electron chi connectivity index (χ3n) is 2.65. The maximum atomic E-state index is 12.0. The van der Waals surface area contributed by atoms with E-state index in [1.807, 2.05) is 12.1 Å². The summed E-state index contributed by atoms with van der Waals surface area (Å²) in [4.78, 5) is 24.0. The zero-order chi connectivity index (χ0) is 13.1. The second-order valence-corrected chi connectivity index (χ2v) is 5.11. The smallest absolute Gasteiger partial charge is 0.323 e. The summed E-state index contributed by atoms with van der Waals surface area (Å²) in [6, 6.07) is 6.85. The van der Waals surface area contributed by atoms with Crippen molar-refractivity contribution in [1.29, 1.82) is 0 Å². The predicted octanol–water partition coefficient (Wildman–Crippen LogP) is 2.53. The summed E-state index contributed by atoms with van der Waals surface area (Å²) in [5.41, 5.74) is 0.652. The van der Waals surface area contributed by atoms with E-state index in [1.54, 1.807) is 12.1 Å². The molecule has 0 saturated heterocycles. The van der Waals surface area contributed by atoms with E-state index in [4.69, 9.17) is 5.11 Å². The van der Waals surface area contributed by atoms with Crippen LogP contribution in [0.15, 0.2) is 28.7 Å². The van der Waals surface area contributed by atoms with Crippen molar-refractivity contribution in [3.05, 3.63) is 28.7 Å². The monoisotopic (exact) mass is 312 g/mol. The predicted molar refractivity (Wildman–Crippen MR) is 70.5 cm³/mol. The molecule has 2 amide bonds. The van der Waals surface area contributed by atoms with Gasteiger partial charge in [-0.05, 0) is 37.1 Å². The largest absolute Gasteiger partial charge is 0.480 e. The Bertz CT molecular complexity index is 457. The van der Waals surface area contributed by atoms with Crippen molar-refractivity contribution >= 4 is 33.6 Å². The van der Waals surface area contributed by atoms with E-state index in [9.17, 15) is 9.59 Å². The number of benzene rings is 1. The molecule has 0 unspecified atom stereocenters. The Morgan fingerprint density at radius 2 is 1.94 bits per heavy atom. The number of rotatable bonds is 4. The number of anilines is 1. The van der Waals surface area contributed by atoms with Gasteiger partial charge in [-0.2, -0.15) is 0 Å². The van der Waals surface area contributed by atoms with E-state index >= 15 is 0 Å². The van der Waals surface area contributed by atoms with Gasteiger partial charge in [0.25, 0.3) is 0 Å². The fourth-order valence-electron chi connectivity index (χ4n) is 1.63. The zero-order valence-electron chi connectivity index (χ0n) is 9.60. The van der Waals surface area contributed by atoms with Crippen LogP contribution in [0.3, 0.4) is 0 Å². The van der Waals surface area contributed by atoms with E-state index in [-0.39, 0.29) is 18.6 Å². The number of nitrogens with one attached hydrogen (secondary N) is 1. The Balaban J connectivity index is 2.00. The zero-order valence-corrected chi connectivity index (χ0v) is 11.2. The van der Waals surface area contributed by atoms with Crippen molar-refractivity contribution in [2.45, 2.75) is 18.9 Å². The van der Waals surface area contributed by atoms with Gasteiger partial charge in [-0.25, -0.2) is 4.79 Å². The van der Waals surface area contributed by atoms with Gasteiger partial charge >= 0.3 is 12.0 Å². The van der Waals surface area contributed by atoms with Gasteiger partial charge in [-0.1, -0.05) is 15.9 Å². The molecular formula is C12H13BrN2O3. The first kappa shape index (κ1) is 12.9. The number of urea groups is 1. The van der Waals surface area contributed by atoms with Crippen LogP contribution in [-0.4, -0.2) is 34.6 Å². The Labute approximate surface area is 113 Å². The molecular weight excluding hydrogens is 300 g/mol. The van der Waals surface area contributed by atoms with Gasteiger partial charge in [0, 0.05) is 16.2 Å². The molecule has 18 heavy (non-hydrogen) atoms. The van der Waals surface area contributed by atoms with E-state index in [0.717, 1.165) is 17.3 Å². The fraction of sp³-hybridized carbons (Fsp3) is 0.333. The molecule has 0 spiro atoms. The second-order valence-electron chi connectivity index (χ2n) is 4.19. The molecule has 6 heteroatoms. The fourth-order valence-corrected chi connectivity index (χ4v) is 1.89. The van der Waals surface area contributed by atoms with E-state index in [0.29, 0.717) is 5.69 Å². The number of hydrogen-bond donors (Lipinski definition) is 2. The van der Waals surface area contributed by atoms with Crippen LogP contribution in [-0.2, 0) is 4.79 Å². The number of carboxylic acids is 1. The van der Waals surface area contributed by atoms with Crippen LogP contribution < -0.4 is 5.32 Å². The minimum Gasteiger partial charge on any atom is -0.480 e.